The molecule has 1 unspecified atom stereocenters. The summed E-state index contributed by atoms with van der Waals surface area (Å²) < 4.78 is 44.2. The van der Waals surface area contributed by atoms with Gasteiger partial charge >= 0.3 is 0 Å². The predicted octanol–water partition coefficient (Wildman–Crippen LogP) is 7.12. The summed E-state index contributed by atoms with van der Waals surface area (Å²) in [5.41, 5.74) is 3.21. The van der Waals surface area contributed by atoms with Crippen LogP contribution in [0.5, 0.6) is 0 Å². The number of allylic oxidation sites excluding steroid dienone is 8. The zero-order valence-corrected chi connectivity index (χ0v) is 36.9. The number of rotatable bonds is 35. The first-order chi connectivity index (χ1) is 27.6. The quantitative estimate of drug-likeness (QED) is 0.0314. The van der Waals surface area contributed by atoms with Crippen molar-refractivity contribution in [3.8, 4) is 0 Å². The van der Waals surface area contributed by atoms with Crippen LogP contribution in [0, 0.1) is 0 Å². The van der Waals surface area contributed by atoms with Crippen molar-refractivity contribution in [3.63, 3.8) is 0 Å². The van der Waals surface area contributed by atoms with Crippen molar-refractivity contribution in [2.75, 3.05) is 105 Å². The maximum absolute atomic E-state index is 12.2. The Balaban J connectivity index is 2.28. The van der Waals surface area contributed by atoms with Crippen LogP contribution in [0.3, 0.4) is 0 Å². The fourth-order valence-corrected chi connectivity index (χ4v) is 6.26. The highest BCUT2D eigenvalue weighted by Gasteiger charge is 2.24. The largest absolute Gasteiger partial charge is 0.384 e. The van der Waals surface area contributed by atoms with Gasteiger partial charge in [0.15, 0.2) is 11.1 Å². The van der Waals surface area contributed by atoms with E-state index in [9.17, 15) is 13.8 Å². The summed E-state index contributed by atoms with van der Waals surface area (Å²) in [5.74, 6) is 0.259. The summed E-state index contributed by atoms with van der Waals surface area (Å²) in [6.45, 7) is 15.4. The normalized spacial score (nSPS) is 12.8. The van der Waals surface area contributed by atoms with Gasteiger partial charge in [-0.3, -0.25) is 13.8 Å². The number of nitrogens with one attached hydrogen (secondary N) is 2. The molecule has 0 heterocycles. The van der Waals surface area contributed by atoms with Crippen molar-refractivity contribution in [1.82, 2.24) is 10.2 Å². The van der Waals surface area contributed by atoms with Crippen molar-refractivity contribution in [2.24, 2.45) is 0 Å². The van der Waals surface area contributed by atoms with Crippen LogP contribution >= 0.6 is 12.0 Å². The van der Waals surface area contributed by atoms with Crippen molar-refractivity contribution >= 4 is 40.6 Å². The molecule has 0 aliphatic heterocycles. The SMILES string of the molecule is C=C/C=C/C(=C/C=CCCC(C)(C)c1cc(SOC)ccc1NCCS(=O)OC)CCCOCC(=O)NCCCOCCOCCOCCCN(C)C(=O)/C=C\C. The molecule has 14 heteroatoms. The summed E-state index contributed by atoms with van der Waals surface area (Å²) in [5, 5.41) is 6.31. The predicted molar refractivity (Wildman–Crippen MR) is 234 cm³/mol. The average molecular weight is 836 g/mol. The van der Waals surface area contributed by atoms with Gasteiger partial charge in [0, 0.05) is 69.1 Å². The van der Waals surface area contributed by atoms with E-state index in [4.69, 9.17) is 27.3 Å². The molecule has 322 valence electrons. The highest BCUT2D eigenvalue weighted by Crippen LogP contribution is 2.37. The van der Waals surface area contributed by atoms with Crippen LogP contribution in [-0.2, 0) is 53.4 Å². The maximum Gasteiger partial charge on any atom is 0.245 e. The zero-order chi connectivity index (χ0) is 42.0. The molecular formula is C43H69N3O9S2. The molecule has 0 spiro atoms. The van der Waals surface area contributed by atoms with Gasteiger partial charge in [-0.2, -0.15) is 0 Å². The third-order valence-corrected chi connectivity index (χ3v) is 10.0. The monoisotopic (exact) mass is 835 g/mol. The Hall–Kier alpha value is -3.08. The van der Waals surface area contributed by atoms with Gasteiger partial charge < -0.3 is 38.7 Å². The number of hydrogen-bond acceptors (Lipinski definition) is 11. The number of hydrogen-bond donors (Lipinski definition) is 2. The minimum absolute atomic E-state index is 0.00420. The number of carbonyl (C=O) groups excluding carboxylic acids is 2. The first-order valence-corrected chi connectivity index (χ1v) is 21.7. The lowest BCUT2D eigenvalue weighted by Crippen LogP contribution is -2.29. The lowest BCUT2D eigenvalue weighted by atomic mass is 9.79. The lowest BCUT2D eigenvalue weighted by molar-refractivity contribution is -0.126. The molecule has 0 saturated heterocycles. The van der Waals surface area contributed by atoms with Crippen molar-refractivity contribution in [3.05, 3.63) is 84.5 Å². The van der Waals surface area contributed by atoms with E-state index < -0.39 is 11.1 Å². The third kappa shape index (κ3) is 26.5. The smallest absolute Gasteiger partial charge is 0.245 e. The van der Waals surface area contributed by atoms with Crippen molar-refractivity contribution < 1.29 is 41.1 Å². The zero-order valence-electron chi connectivity index (χ0n) is 35.2. The van der Waals surface area contributed by atoms with Gasteiger partial charge in [-0.15, -0.1) is 0 Å². The van der Waals surface area contributed by atoms with Crippen LogP contribution in [-0.4, -0.2) is 120 Å². The first-order valence-electron chi connectivity index (χ1n) is 19.7. The van der Waals surface area contributed by atoms with E-state index in [0.29, 0.717) is 78.1 Å². The van der Waals surface area contributed by atoms with Gasteiger partial charge in [-0.25, -0.2) is 4.21 Å². The van der Waals surface area contributed by atoms with E-state index in [1.165, 1.54) is 24.7 Å². The molecule has 0 radical (unpaired) electrons. The summed E-state index contributed by atoms with van der Waals surface area (Å²) >= 11 is 0.0229. The van der Waals surface area contributed by atoms with Gasteiger partial charge in [-0.05, 0) is 86.3 Å². The van der Waals surface area contributed by atoms with Gasteiger partial charge in [0.25, 0.3) is 0 Å². The Morgan fingerprint density at radius 1 is 0.930 bits per heavy atom. The molecule has 0 aromatic heterocycles. The average Bonchev–Trinajstić information content (AvgIpc) is 3.19. The van der Waals surface area contributed by atoms with Crippen LogP contribution in [0.4, 0.5) is 5.69 Å². The van der Waals surface area contributed by atoms with Crippen LogP contribution in [0.2, 0.25) is 0 Å². The van der Waals surface area contributed by atoms with Crippen LogP contribution < -0.4 is 10.6 Å². The molecule has 0 aliphatic rings. The maximum atomic E-state index is 12.2. The van der Waals surface area contributed by atoms with E-state index in [0.717, 1.165) is 48.3 Å². The first kappa shape index (κ1) is 51.9. The molecule has 2 N–H and O–H groups in total. The second kappa shape index (κ2) is 33.8. The minimum Gasteiger partial charge on any atom is -0.384 e. The highest BCUT2D eigenvalue weighted by atomic mass is 32.2. The van der Waals surface area contributed by atoms with Gasteiger partial charge in [0.1, 0.15) is 6.61 Å². The summed E-state index contributed by atoms with van der Waals surface area (Å²) in [6, 6.07) is 6.24. The van der Waals surface area contributed by atoms with Gasteiger partial charge in [-0.1, -0.05) is 63.0 Å². The molecule has 1 rings (SSSR count). The Kier molecular flexibility index (Phi) is 30.8. The number of ether oxygens (including phenoxy) is 4. The molecule has 2 amide bonds. The van der Waals surface area contributed by atoms with E-state index in [2.05, 4.69) is 61.4 Å². The van der Waals surface area contributed by atoms with Crippen LogP contribution in [0.25, 0.3) is 0 Å². The topological polar surface area (TPSA) is 134 Å². The molecule has 0 fully saturated rings. The highest BCUT2D eigenvalue weighted by molar-refractivity contribution is 7.94. The van der Waals surface area contributed by atoms with Gasteiger partial charge in [0.05, 0.1) is 46.4 Å². The minimum atomic E-state index is -1.31. The molecule has 1 atom stereocenters. The second-order valence-electron chi connectivity index (χ2n) is 13.6. The fraction of sp³-hybridized carbons (Fsp3) is 0.581. The molecule has 1 aromatic rings. The molecule has 12 nitrogen and oxygen atoms in total. The Morgan fingerprint density at radius 2 is 1.63 bits per heavy atom. The fourth-order valence-electron chi connectivity index (χ4n) is 5.34. The number of carbonyl (C=O) groups is 2. The van der Waals surface area contributed by atoms with Crippen LogP contribution in [0.1, 0.15) is 64.9 Å². The van der Waals surface area contributed by atoms with Crippen molar-refractivity contribution in [2.45, 2.75) is 69.6 Å². The number of amides is 2. The van der Waals surface area contributed by atoms with Crippen molar-refractivity contribution in [1.29, 1.82) is 0 Å². The van der Waals surface area contributed by atoms with E-state index in [-0.39, 0.29) is 23.8 Å². The molecule has 57 heavy (non-hydrogen) atoms. The summed E-state index contributed by atoms with van der Waals surface area (Å²) in [4.78, 5) is 26.6. The molecular weight excluding hydrogens is 767 g/mol. The number of nitrogens with zero attached hydrogens (tertiary/aromatic N) is 1. The van der Waals surface area contributed by atoms with Crippen LogP contribution in [0.15, 0.2) is 83.9 Å². The Bertz CT molecular complexity index is 1420. The van der Waals surface area contributed by atoms with E-state index >= 15 is 0 Å². The Morgan fingerprint density at radius 3 is 2.32 bits per heavy atom. The number of benzene rings is 1. The number of anilines is 1. The van der Waals surface area contributed by atoms with Gasteiger partial charge in [0.2, 0.25) is 11.8 Å². The molecule has 0 aliphatic carbocycles. The summed E-state index contributed by atoms with van der Waals surface area (Å²) in [7, 11) is 4.89. The lowest BCUT2D eigenvalue weighted by Gasteiger charge is -2.28. The number of likely N-dealkylation sites (N-methyl/N-ethyl adjacent to an activating group) is 1. The summed E-state index contributed by atoms with van der Waals surface area (Å²) in [6.07, 6.45) is 20.3. The molecule has 0 bridgehead atoms. The van der Waals surface area contributed by atoms with E-state index in [1.54, 1.807) is 37.3 Å². The standard InChI is InChI=1S/C43H69N3O9S2/c1-8-10-18-37(19-12-11-13-23-43(3,4)39-35-38(56-50-6)21-22-40(39)44-25-34-57(49)51-7)20-14-27-55-36-41(47)45-24-15-28-52-30-32-54-33-31-53-29-16-26-46(5)42(48)17-9-2/h8-12,17-19,21-22,35,44H,1,13-16,20,23-34,36H2,2-7H3,(H,45,47)/b12-11?,17-9-,18-10+,37-19-. The second-order valence-corrected chi connectivity index (χ2v) is 15.9. The third-order valence-electron chi connectivity index (χ3n) is 8.49. The molecule has 0 saturated carbocycles. The Labute approximate surface area is 349 Å². The van der Waals surface area contributed by atoms with E-state index in [1.807, 2.05) is 25.1 Å². The molecule has 1 aromatic carbocycles.